The second-order valence-electron chi connectivity index (χ2n) is 2.28. The first kappa shape index (κ1) is 10.5. The van der Waals surface area contributed by atoms with Crippen LogP contribution in [0.3, 0.4) is 0 Å². The van der Waals surface area contributed by atoms with Crippen LogP contribution in [-0.2, 0) is 4.74 Å². The Labute approximate surface area is 88.6 Å². The van der Waals surface area contributed by atoms with Gasteiger partial charge in [0.05, 0.1) is 12.7 Å². The molecule has 0 saturated carbocycles. The molecule has 0 aliphatic heterocycles. The Kier molecular flexibility index (Phi) is 3.33. The van der Waals surface area contributed by atoms with Gasteiger partial charge in [0.15, 0.2) is 0 Å². The number of methoxy groups -OCH3 is 1. The maximum atomic E-state index is 13.1. The van der Waals surface area contributed by atoms with E-state index < -0.39 is 11.8 Å². The molecule has 0 fully saturated rings. The lowest BCUT2D eigenvalue weighted by molar-refractivity contribution is 0.0595. The topological polar surface area (TPSA) is 26.3 Å². The largest absolute Gasteiger partial charge is 0.465 e. The predicted octanol–water partition coefficient (Wildman–Crippen LogP) is 2.66. The van der Waals surface area contributed by atoms with Crippen molar-refractivity contribution >= 4 is 34.5 Å². The van der Waals surface area contributed by atoms with Crippen molar-refractivity contribution in [3.63, 3.8) is 0 Å². The zero-order chi connectivity index (χ0) is 10.0. The van der Waals surface area contributed by atoms with Gasteiger partial charge in [-0.15, -0.1) is 12.6 Å². The van der Waals surface area contributed by atoms with Gasteiger partial charge in [0.25, 0.3) is 0 Å². The van der Waals surface area contributed by atoms with Crippen molar-refractivity contribution in [1.82, 2.24) is 0 Å². The Bertz CT molecular complexity index is 354. The molecule has 0 aromatic heterocycles. The first-order valence-corrected chi connectivity index (χ1v) is 4.56. The molecule has 0 bridgehead atoms. The van der Waals surface area contributed by atoms with Gasteiger partial charge in [-0.1, -0.05) is 0 Å². The molecule has 0 N–H and O–H groups in total. The van der Waals surface area contributed by atoms with Crippen molar-refractivity contribution in [2.75, 3.05) is 7.11 Å². The molecule has 0 aliphatic carbocycles. The summed E-state index contributed by atoms with van der Waals surface area (Å²) in [6, 6.07) is 2.49. The minimum Gasteiger partial charge on any atom is -0.465 e. The van der Waals surface area contributed by atoms with Gasteiger partial charge in [-0.25, -0.2) is 9.18 Å². The summed E-state index contributed by atoms with van der Waals surface area (Å²) in [6.07, 6.45) is 0. The minimum atomic E-state index is -0.708. The third-order valence-corrected chi connectivity index (χ3v) is 2.77. The molecular formula is C8H6BrFO2S. The van der Waals surface area contributed by atoms with Crippen LogP contribution in [0.15, 0.2) is 21.5 Å². The lowest BCUT2D eigenvalue weighted by atomic mass is 10.2. The highest BCUT2D eigenvalue weighted by atomic mass is 79.9. The number of hydrogen-bond acceptors (Lipinski definition) is 3. The average molecular weight is 265 g/mol. The van der Waals surface area contributed by atoms with Crippen LogP contribution in [0, 0.1) is 5.82 Å². The van der Waals surface area contributed by atoms with E-state index in [1.807, 2.05) is 0 Å². The smallest absolute Gasteiger partial charge is 0.340 e. The third kappa shape index (κ3) is 2.22. The van der Waals surface area contributed by atoms with E-state index >= 15 is 0 Å². The van der Waals surface area contributed by atoms with Gasteiger partial charge in [-0.05, 0) is 28.1 Å². The number of carbonyl (C=O) groups excluding carboxylic acids is 1. The standard InChI is InChI=1S/C8H6BrFO2S/c1-12-8(11)4-2-7(13)5(9)3-6(4)10/h2-3,13H,1H3. The van der Waals surface area contributed by atoms with E-state index in [9.17, 15) is 9.18 Å². The predicted molar refractivity (Wildman–Crippen MR) is 52.7 cm³/mol. The lowest BCUT2D eigenvalue weighted by Gasteiger charge is -2.03. The van der Waals surface area contributed by atoms with E-state index in [4.69, 9.17) is 0 Å². The molecule has 0 spiro atoms. The van der Waals surface area contributed by atoms with Crippen LogP contribution >= 0.6 is 28.6 Å². The van der Waals surface area contributed by atoms with Crippen molar-refractivity contribution < 1.29 is 13.9 Å². The molecule has 5 heteroatoms. The van der Waals surface area contributed by atoms with Crippen molar-refractivity contribution in [1.29, 1.82) is 0 Å². The number of ether oxygens (including phenoxy) is 1. The number of carbonyl (C=O) groups is 1. The molecule has 0 unspecified atom stereocenters. The fraction of sp³-hybridized carbons (Fsp3) is 0.125. The van der Waals surface area contributed by atoms with Crippen molar-refractivity contribution in [3.8, 4) is 0 Å². The van der Waals surface area contributed by atoms with Crippen LogP contribution in [0.5, 0.6) is 0 Å². The summed E-state index contributed by atoms with van der Waals surface area (Å²) in [7, 11) is 1.20. The minimum absolute atomic E-state index is 0.115. The van der Waals surface area contributed by atoms with Crippen molar-refractivity contribution in [3.05, 3.63) is 28.0 Å². The molecule has 0 radical (unpaired) electrons. The Balaban J connectivity index is 3.23. The van der Waals surface area contributed by atoms with Crippen LogP contribution in [-0.4, -0.2) is 13.1 Å². The highest BCUT2D eigenvalue weighted by Crippen LogP contribution is 2.24. The van der Waals surface area contributed by atoms with Crippen molar-refractivity contribution in [2.24, 2.45) is 0 Å². The molecule has 0 amide bonds. The highest BCUT2D eigenvalue weighted by Gasteiger charge is 2.13. The van der Waals surface area contributed by atoms with Gasteiger partial charge in [0, 0.05) is 9.37 Å². The Morgan fingerprint density at radius 3 is 2.77 bits per heavy atom. The second kappa shape index (κ2) is 4.11. The molecular weight excluding hydrogens is 259 g/mol. The van der Waals surface area contributed by atoms with E-state index in [0.717, 1.165) is 0 Å². The van der Waals surface area contributed by atoms with Crippen LogP contribution < -0.4 is 0 Å². The summed E-state index contributed by atoms with van der Waals surface area (Å²) in [5.74, 6) is -1.34. The SMILES string of the molecule is COC(=O)c1cc(S)c(Br)cc1F. The second-order valence-corrected chi connectivity index (χ2v) is 3.61. The number of esters is 1. The van der Waals surface area contributed by atoms with Gasteiger partial charge in [-0.3, -0.25) is 0 Å². The maximum absolute atomic E-state index is 13.1. The summed E-state index contributed by atoms with van der Waals surface area (Å²) >= 11 is 7.11. The van der Waals surface area contributed by atoms with E-state index in [1.54, 1.807) is 0 Å². The van der Waals surface area contributed by atoms with Crippen LogP contribution in [0.2, 0.25) is 0 Å². The highest BCUT2D eigenvalue weighted by molar-refractivity contribution is 9.10. The quantitative estimate of drug-likeness (QED) is 0.624. The molecule has 0 aliphatic rings. The van der Waals surface area contributed by atoms with E-state index in [0.29, 0.717) is 9.37 Å². The van der Waals surface area contributed by atoms with Gasteiger partial charge in [-0.2, -0.15) is 0 Å². The maximum Gasteiger partial charge on any atom is 0.340 e. The molecule has 0 saturated heterocycles. The summed E-state index contributed by atoms with van der Waals surface area (Å²) in [6.45, 7) is 0. The Hall–Kier alpha value is -0.550. The molecule has 2 nitrogen and oxygen atoms in total. The van der Waals surface area contributed by atoms with Crippen LogP contribution in [0.25, 0.3) is 0 Å². The monoisotopic (exact) mass is 264 g/mol. The van der Waals surface area contributed by atoms with E-state index in [-0.39, 0.29) is 5.56 Å². The molecule has 1 aromatic carbocycles. The molecule has 0 atom stereocenters. The third-order valence-electron chi connectivity index (χ3n) is 1.44. The summed E-state index contributed by atoms with van der Waals surface area (Å²) < 4.78 is 18.0. The fourth-order valence-electron chi connectivity index (χ4n) is 0.804. The molecule has 70 valence electrons. The Morgan fingerprint density at radius 1 is 1.62 bits per heavy atom. The first-order valence-electron chi connectivity index (χ1n) is 3.32. The molecule has 0 heterocycles. The zero-order valence-corrected chi connectivity index (χ0v) is 9.15. The lowest BCUT2D eigenvalue weighted by Crippen LogP contribution is -2.04. The van der Waals surface area contributed by atoms with Gasteiger partial charge in [0.2, 0.25) is 0 Å². The number of halogens is 2. The van der Waals surface area contributed by atoms with E-state index in [1.165, 1.54) is 19.2 Å². The van der Waals surface area contributed by atoms with Crippen molar-refractivity contribution in [2.45, 2.75) is 4.90 Å². The number of thiol groups is 1. The van der Waals surface area contributed by atoms with Gasteiger partial charge < -0.3 is 4.74 Å². The zero-order valence-electron chi connectivity index (χ0n) is 6.67. The number of benzene rings is 1. The van der Waals surface area contributed by atoms with Crippen LogP contribution in [0.1, 0.15) is 10.4 Å². The molecule has 1 aromatic rings. The number of hydrogen-bond donors (Lipinski definition) is 1. The molecule has 1 rings (SSSR count). The normalized spacial score (nSPS) is 9.85. The van der Waals surface area contributed by atoms with Gasteiger partial charge in [0.1, 0.15) is 5.82 Å². The average Bonchev–Trinajstić information content (AvgIpc) is 2.10. The van der Waals surface area contributed by atoms with Crippen LogP contribution in [0.4, 0.5) is 4.39 Å². The number of rotatable bonds is 1. The summed E-state index contributed by atoms with van der Waals surface area (Å²) in [4.78, 5) is 11.5. The first-order chi connectivity index (χ1) is 6.06. The fourth-order valence-corrected chi connectivity index (χ4v) is 1.31. The Morgan fingerprint density at radius 2 is 2.23 bits per heavy atom. The summed E-state index contributed by atoms with van der Waals surface area (Å²) in [5.41, 5.74) is -0.115. The molecule has 13 heavy (non-hydrogen) atoms. The van der Waals surface area contributed by atoms with Gasteiger partial charge >= 0.3 is 5.97 Å². The summed E-state index contributed by atoms with van der Waals surface area (Å²) in [5, 5.41) is 0. The van der Waals surface area contributed by atoms with E-state index in [2.05, 4.69) is 33.3 Å².